The number of hydrogen-bond donors (Lipinski definition) is 1. The van der Waals surface area contributed by atoms with Crippen LogP contribution in [0.1, 0.15) is 35.6 Å². The molecule has 0 aromatic heterocycles. The molecule has 0 heterocycles. The van der Waals surface area contributed by atoms with E-state index in [-0.39, 0.29) is 0 Å². The third kappa shape index (κ3) is 3.36. The van der Waals surface area contributed by atoms with E-state index in [1.54, 1.807) is 0 Å². The molecule has 23 heavy (non-hydrogen) atoms. The Bertz CT molecular complexity index is 729. The van der Waals surface area contributed by atoms with Crippen molar-refractivity contribution in [3.8, 4) is 0 Å². The van der Waals surface area contributed by atoms with Crippen LogP contribution in [-0.2, 0) is 6.42 Å². The summed E-state index contributed by atoms with van der Waals surface area (Å²) in [5.41, 5.74) is 4.83. The van der Waals surface area contributed by atoms with Gasteiger partial charge in [0.25, 0.3) is 0 Å². The van der Waals surface area contributed by atoms with Gasteiger partial charge < -0.3 is 10.2 Å². The van der Waals surface area contributed by atoms with Crippen molar-refractivity contribution in [1.82, 2.24) is 4.90 Å². The van der Waals surface area contributed by atoms with Gasteiger partial charge >= 0.3 is 0 Å². The highest BCUT2D eigenvalue weighted by atomic mass is 35.5. The first-order valence-corrected chi connectivity index (χ1v) is 8.73. The molecule has 2 aromatic carbocycles. The van der Waals surface area contributed by atoms with E-state index in [0.717, 1.165) is 34.2 Å². The van der Waals surface area contributed by atoms with Gasteiger partial charge in [-0.05, 0) is 67.2 Å². The second-order valence-electron chi connectivity index (χ2n) is 6.06. The van der Waals surface area contributed by atoms with Crippen molar-refractivity contribution in [3.05, 3.63) is 64.2 Å². The molecule has 1 aliphatic rings. The number of nitrogens with zero attached hydrogens (tertiary/aromatic N) is 1. The summed E-state index contributed by atoms with van der Waals surface area (Å²) in [4.78, 5) is 2.17. The van der Waals surface area contributed by atoms with E-state index in [4.69, 9.17) is 23.8 Å². The van der Waals surface area contributed by atoms with E-state index in [1.807, 2.05) is 25.1 Å². The molecule has 0 fully saturated rings. The Morgan fingerprint density at radius 3 is 2.83 bits per heavy atom. The van der Waals surface area contributed by atoms with Gasteiger partial charge in [0.2, 0.25) is 0 Å². The fraction of sp³-hybridized carbons (Fsp3) is 0.316. The molecular weight excluding hydrogens is 324 g/mol. The van der Waals surface area contributed by atoms with E-state index in [1.165, 1.54) is 17.5 Å². The van der Waals surface area contributed by atoms with Crippen molar-refractivity contribution in [2.24, 2.45) is 0 Å². The number of halogens is 1. The third-order valence-corrected chi connectivity index (χ3v) is 5.43. The molecule has 0 saturated heterocycles. The number of aryl methyl sites for hydroxylation is 1. The molecule has 120 valence electrons. The zero-order chi connectivity index (χ0) is 16.4. The van der Waals surface area contributed by atoms with Crippen LogP contribution >= 0.6 is 23.8 Å². The minimum atomic E-state index is 0.333. The van der Waals surface area contributed by atoms with Crippen LogP contribution in [0.3, 0.4) is 0 Å². The normalized spacial score (nSPS) is 16.6. The van der Waals surface area contributed by atoms with Crippen LogP contribution in [0.15, 0.2) is 42.5 Å². The number of benzene rings is 2. The Morgan fingerprint density at radius 1 is 1.22 bits per heavy atom. The summed E-state index contributed by atoms with van der Waals surface area (Å²) in [6.45, 7) is 2.00. The van der Waals surface area contributed by atoms with Gasteiger partial charge in [-0.1, -0.05) is 41.9 Å². The van der Waals surface area contributed by atoms with Crippen molar-refractivity contribution in [3.63, 3.8) is 0 Å². The second-order valence-corrected chi connectivity index (χ2v) is 6.85. The van der Waals surface area contributed by atoms with Crippen molar-refractivity contribution in [1.29, 1.82) is 0 Å². The first-order valence-electron chi connectivity index (χ1n) is 7.94. The van der Waals surface area contributed by atoms with Crippen molar-refractivity contribution in [2.75, 3.05) is 12.4 Å². The Labute approximate surface area is 148 Å². The van der Waals surface area contributed by atoms with Crippen molar-refractivity contribution >= 4 is 34.6 Å². The minimum absolute atomic E-state index is 0.333. The maximum Gasteiger partial charge on any atom is 0.173 e. The molecular formula is C19H21ClN2S. The van der Waals surface area contributed by atoms with Crippen LogP contribution in [0.4, 0.5) is 5.69 Å². The molecule has 0 amide bonds. The highest BCUT2D eigenvalue weighted by Gasteiger charge is 2.25. The van der Waals surface area contributed by atoms with E-state index in [0.29, 0.717) is 6.04 Å². The Hall–Kier alpha value is -1.58. The summed E-state index contributed by atoms with van der Waals surface area (Å²) in [7, 11) is 2.07. The van der Waals surface area contributed by atoms with Gasteiger partial charge in [-0.3, -0.25) is 0 Å². The maximum atomic E-state index is 6.20. The molecule has 1 aliphatic carbocycles. The van der Waals surface area contributed by atoms with Gasteiger partial charge in [-0.25, -0.2) is 0 Å². The lowest BCUT2D eigenvalue weighted by Gasteiger charge is -2.35. The Morgan fingerprint density at radius 2 is 2.00 bits per heavy atom. The van der Waals surface area contributed by atoms with Crippen LogP contribution in [0.2, 0.25) is 5.02 Å². The molecule has 1 atom stereocenters. The number of thiocarbonyl (C=S) groups is 1. The van der Waals surface area contributed by atoms with E-state index >= 15 is 0 Å². The smallest absolute Gasteiger partial charge is 0.173 e. The quantitative estimate of drug-likeness (QED) is 0.739. The van der Waals surface area contributed by atoms with E-state index in [9.17, 15) is 0 Å². The minimum Gasteiger partial charge on any atom is -0.345 e. The maximum absolute atomic E-state index is 6.20. The summed E-state index contributed by atoms with van der Waals surface area (Å²) in [5.74, 6) is 0. The summed E-state index contributed by atoms with van der Waals surface area (Å²) in [6, 6.07) is 14.9. The Kier molecular flexibility index (Phi) is 4.88. The molecule has 0 unspecified atom stereocenters. The standard InChI is InChI=1S/C19H21ClN2S/c1-13-16(20)10-6-11-17(13)21-19(23)22(2)18-12-5-8-14-7-3-4-9-15(14)18/h3-4,6-7,9-11,18H,5,8,12H2,1-2H3,(H,21,23)/t18-/m1/s1. The molecule has 2 nitrogen and oxygen atoms in total. The number of anilines is 1. The average Bonchev–Trinajstić information content (AvgIpc) is 2.57. The van der Waals surface area contributed by atoms with E-state index < -0.39 is 0 Å². The lowest BCUT2D eigenvalue weighted by molar-refractivity contribution is 0.336. The molecule has 2 aromatic rings. The first kappa shape index (κ1) is 16.3. The number of fused-ring (bicyclic) bond motifs is 1. The van der Waals surface area contributed by atoms with Crippen LogP contribution < -0.4 is 5.32 Å². The fourth-order valence-corrected chi connectivity index (χ4v) is 3.63. The number of rotatable bonds is 2. The van der Waals surface area contributed by atoms with Gasteiger partial charge in [-0.2, -0.15) is 0 Å². The second kappa shape index (κ2) is 6.90. The molecule has 1 N–H and O–H groups in total. The highest BCUT2D eigenvalue weighted by molar-refractivity contribution is 7.80. The van der Waals surface area contributed by atoms with Crippen LogP contribution in [0.5, 0.6) is 0 Å². The zero-order valence-corrected chi connectivity index (χ0v) is 15.0. The van der Waals surface area contributed by atoms with Crippen LogP contribution in [0, 0.1) is 6.92 Å². The molecule has 4 heteroatoms. The van der Waals surface area contributed by atoms with Crippen LogP contribution in [-0.4, -0.2) is 17.1 Å². The first-order chi connectivity index (χ1) is 11.1. The summed E-state index contributed by atoms with van der Waals surface area (Å²) in [6.07, 6.45) is 3.49. The highest BCUT2D eigenvalue weighted by Crippen LogP contribution is 2.34. The lowest BCUT2D eigenvalue weighted by atomic mass is 9.87. The predicted molar refractivity (Wildman–Crippen MR) is 102 cm³/mol. The van der Waals surface area contributed by atoms with Gasteiger partial charge in [0.1, 0.15) is 0 Å². The summed E-state index contributed by atoms with van der Waals surface area (Å²) < 4.78 is 0. The fourth-order valence-electron chi connectivity index (χ4n) is 3.22. The van der Waals surface area contributed by atoms with Gasteiger partial charge in [0.05, 0.1) is 6.04 Å². The predicted octanol–water partition coefficient (Wildman–Crippen LogP) is 5.35. The number of hydrogen-bond acceptors (Lipinski definition) is 1. The monoisotopic (exact) mass is 344 g/mol. The average molecular weight is 345 g/mol. The summed E-state index contributed by atoms with van der Waals surface area (Å²) >= 11 is 11.8. The van der Waals surface area contributed by atoms with E-state index in [2.05, 4.69) is 41.5 Å². The van der Waals surface area contributed by atoms with Crippen LogP contribution in [0.25, 0.3) is 0 Å². The molecule has 0 saturated carbocycles. The molecule has 0 spiro atoms. The lowest BCUT2D eigenvalue weighted by Crippen LogP contribution is -2.36. The SMILES string of the molecule is Cc1c(Cl)cccc1NC(=S)N(C)[C@@H]1CCCc2ccccc21. The van der Waals surface area contributed by atoms with Crippen molar-refractivity contribution in [2.45, 2.75) is 32.2 Å². The van der Waals surface area contributed by atoms with Gasteiger partial charge in [0, 0.05) is 17.8 Å². The molecule has 0 aliphatic heterocycles. The molecule has 3 rings (SSSR count). The summed E-state index contributed by atoms with van der Waals surface area (Å²) in [5, 5.41) is 4.84. The molecule has 0 radical (unpaired) electrons. The van der Waals surface area contributed by atoms with Gasteiger partial charge in [-0.15, -0.1) is 0 Å². The largest absolute Gasteiger partial charge is 0.345 e. The topological polar surface area (TPSA) is 15.3 Å². The third-order valence-electron chi connectivity index (χ3n) is 4.63. The zero-order valence-electron chi connectivity index (χ0n) is 13.5. The molecule has 0 bridgehead atoms. The number of nitrogens with one attached hydrogen (secondary N) is 1. The Balaban J connectivity index is 1.80. The van der Waals surface area contributed by atoms with Crippen molar-refractivity contribution < 1.29 is 0 Å². The van der Waals surface area contributed by atoms with Gasteiger partial charge in [0.15, 0.2) is 5.11 Å².